The summed E-state index contributed by atoms with van der Waals surface area (Å²) in [5, 5.41) is 0. The largest absolute Gasteiger partial charge is 0.352 e. The summed E-state index contributed by atoms with van der Waals surface area (Å²) >= 11 is 0. The van der Waals surface area contributed by atoms with E-state index < -0.39 is 0 Å². The molecule has 3 nitrogen and oxygen atoms in total. The number of benzene rings is 1. The molecule has 1 atom stereocenters. The van der Waals surface area contributed by atoms with Crippen molar-refractivity contribution in [1.29, 1.82) is 0 Å². The molecule has 2 rings (SSSR count). The number of hydrogen-bond donors (Lipinski definition) is 1. The normalized spacial score (nSPS) is 20.7. The van der Waals surface area contributed by atoms with Crippen molar-refractivity contribution in [2.75, 3.05) is 19.9 Å². The first-order valence-corrected chi connectivity index (χ1v) is 5.39. The Hall–Kier alpha value is -0.900. The average Bonchev–Trinajstić information content (AvgIpc) is 2.80. The van der Waals surface area contributed by atoms with Crippen LogP contribution in [0.4, 0.5) is 0 Å². The number of hydrogen-bond acceptors (Lipinski definition) is 3. The SMILES string of the molecule is NCCCc1ccccc1C1COCO1. The Kier molecular flexibility index (Phi) is 3.72. The van der Waals surface area contributed by atoms with E-state index in [0.29, 0.717) is 13.4 Å². The minimum atomic E-state index is 0.110. The van der Waals surface area contributed by atoms with Crippen LogP contribution in [0.5, 0.6) is 0 Å². The highest BCUT2D eigenvalue weighted by atomic mass is 16.7. The Bertz CT molecular complexity index is 308. The van der Waals surface area contributed by atoms with E-state index in [0.717, 1.165) is 19.4 Å². The standard InChI is InChI=1S/C12H17NO2/c13-7-3-5-10-4-1-2-6-11(10)12-8-14-9-15-12/h1-2,4,6,12H,3,5,7-9,13H2. The van der Waals surface area contributed by atoms with Crippen LogP contribution in [0.3, 0.4) is 0 Å². The molecule has 0 aliphatic carbocycles. The van der Waals surface area contributed by atoms with Crippen molar-refractivity contribution in [2.45, 2.75) is 18.9 Å². The molecule has 1 saturated heterocycles. The van der Waals surface area contributed by atoms with Gasteiger partial charge in [-0.15, -0.1) is 0 Å². The van der Waals surface area contributed by atoms with Crippen LogP contribution in [0.2, 0.25) is 0 Å². The number of aryl methyl sites for hydroxylation is 1. The van der Waals surface area contributed by atoms with Crippen LogP contribution >= 0.6 is 0 Å². The van der Waals surface area contributed by atoms with Gasteiger partial charge in [0.15, 0.2) is 0 Å². The van der Waals surface area contributed by atoms with E-state index in [-0.39, 0.29) is 6.10 Å². The molecule has 1 fully saturated rings. The molecule has 1 aliphatic heterocycles. The predicted molar refractivity (Wildman–Crippen MR) is 58.5 cm³/mol. The molecule has 15 heavy (non-hydrogen) atoms. The van der Waals surface area contributed by atoms with Crippen molar-refractivity contribution < 1.29 is 9.47 Å². The maximum Gasteiger partial charge on any atom is 0.147 e. The highest BCUT2D eigenvalue weighted by molar-refractivity contribution is 5.29. The lowest BCUT2D eigenvalue weighted by atomic mass is 9.99. The Labute approximate surface area is 90.2 Å². The van der Waals surface area contributed by atoms with Gasteiger partial charge in [0.1, 0.15) is 12.9 Å². The first kappa shape index (κ1) is 10.6. The lowest BCUT2D eigenvalue weighted by Crippen LogP contribution is -2.06. The van der Waals surface area contributed by atoms with Crippen LogP contribution in [0.15, 0.2) is 24.3 Å². The highest BCUT2D eigenvalue weighted by Gasteiger charge is 2.20. The fraction of sp³-hybridized carbons (Fsp3) is 0.500. The highest BCUT2D eigenvalue weighted by Crippen LogP contribution is 2.26. The second-order valence-electron chi connectivity index (χ2n) is 3.73. The molecule has 0 saturated carbocycles. The molecule has 0 amide bonds. The van der Waals surface area contributed by atoms with Crippen LogP contribution in [-0.4, -0.2) is 19.9 Å². The van der Waals surface area contributed by atoms with Crippen LogP contribution in [0, 0.1) is 0 Å². The van der Waals surface area contributed by atoms with Crippen LogP contribution in [0.25, 0.3) is 0 Å². The minimum Gasteiger partial charge on any atom is -0.352 e. The fourth-order valence-electron chi connectivity index (χ4n) is 1.88. The summed E-state index contributed by atoms with van der Waals surface area (Å²) in [6.07, 6.45) is 2.15. The summed E-state index contributed by atoms with van der Waals surface area (Å²) in [4.78, 5) is 0. The monoisotopic (exact) mass is 207 g/mol. The first-order valence-electron chi connectivity index (χ1n) is 5.39. The third kappa shape index (κ3) is 2.56. The molecule has 0 bridgehead atoms. The Morgan fingerprint density at radius 3 is 2.93 bits per heavy atom. The van der Waals surface area contributed by atoms with Gasteiger partial charge >= 0.3 is 0 Å². The lowest BCUT2D eigenvalue weighted by molar-refractivity contribution is 0.0464. The molecule has 0 radical (unpaired) electrons. The zero-order valence-corrected chi connectivity index (χ0v) is 8.82. The Morgan fingerprint density at radius 2 is 2.20 bits per heavy atom. The zero-order valence-electron chi connectivity index (χ0n) is 8.82. The van der Waals surface area contributed by atoms with Gasteiger partial charge in [-0.1, -0.05) is 24.3 Å². The second kappa shape index (κ2) is 5.26. The molecule has 0 aromatic heterocycles. The van der Waals surface area contributed by atoms with Crippen molar-refractivity contribution in [3.63, 3.8) is 0 Å². The molecular weight excluding hydrogens is 190 g/mol. The average molecular weight is 207 g/mol. The Balaban J connectivity index is 2.13. The van der Waals surface area contributed by atoms with E-state index >= 15 is 0 Å². The molecule has 82 valence electrons. The summed E-state index contributed by atoms with van der Waals surface area (Å²) in [7, 11) is 0. The first-order chi connectivity index (χ1) is 7.42. The molecule has 1 unspecified atom stereocenters. The van der Waals surface area contributed by atoms with Gasteiger partial charge in [-0.2, -0.15) is 0 Å². The van der Waals surface area contributed by atoms with E-state index in [9.17, 15) is 0 Å². The van der Waals surface area contributed by atoms with E-state index in [1.54, 1.807) is 0 Å². The van der Waals surface area contributed by atoms with Gasteiger partial charge in [0.05, 0.1) is 6.61 Å². The number of ether oxygens (including phenoxy) is 2. The van der Waals surface area contributed by atoms with Crippen molar-refractivity contribution >= 4 is 0 Å². The van der Waals surface area contributed by atoms with Gasteiger partial charge in [0, 0.05) is 0 Å². The minimum absolute atomic E-state index is 0.110. The molecule has 1 aromatic carbocycles. The summed E-state index contributed by atoms with van der Waals surface area (Å²) in [5.74, 6) is 0. The van der Waals surface area contributed by atoms with Crippen LogP contribution in [-0.2, 0) is 15.9 Å². The van der Waals surface area contributed by atoms with Crippen molar-refractivity contribution in [3.8, 4) is 0 Å². The van der Waals surface area contributed by atoms with Gasteiger partial charge in [-0.05, 0) is 30.5 Å². The third-order valence-electron chi connectivity index (χ3n) is 2.67. The predicted octanol–water partition coefficient (Wildman–Crippen LogP) is 1.62. The molecule has 1 heterocycles. The molecule has 2 N–H and O–H groups in total. The number of rotatable bonds is 4. The molecular formula is C12H17NO2. The Morgan fingerprint density at radius 1 is 1.33 bits per heavy atom. The smallest absolute Gasteiger partial charge is 0.147 e. The maximum absolute atomic E-state index is 5.52. The molecule has 1 aromatic rings. The van der Waals surface area contributed by atoms with E-state index in [4.69, 9.17) is 15.2 Å². The van der Waals surface area contributed by atoms with Gasteiger partial charge in [-0.25, -0.2) is 0 Å². The topological polar surface area (TPSA) is 44.5 Å². The van der Waals surface area contributed by atoms with Gasteiger partial charge in [0.2, 0.25) is 0 Å². The van der Waals surface area contributed by atoms with Gasteiger partial charge < -0.3 is 15.2 Å². The fourth-order valence-corrected chi connectivity index (χ4v) is 1.88. The molecule has 0 spiro atoms. The van der Waals surface area contributed by atoms with E-state index in [1.807, 2.05) is 6.07 Å². The van der Waals surface area contributed by atoms with E-state index in [1.165, 1.54) is 11.1 Å². The van der Waals surface area contributed by atoms with Gasteiger partial charge in [0.25, 0.3) is 0 Å². The summed E-state index contributed by atoms with van der Waals surface area (Å²) in [6, 6.07) is 8.37. The van der Waals surface area contributed by atoms with Crippen molar-refractivity contribution in [2.24, 2.45) is 5.73 Å². The van der Waals surface area contributed by atoms with Crippen molar-refractivity contribution in [3.05, 3.63) is 35.4 Å². The number of nitrogens with two attached hydrogens (primary N) is 1. The lowest BCUT2D eigenvalue weighted by Gasteiger charge is -2.13. The van der Waals surface area contributed by atoms with Crippen LogP contribution < -0.4 is 5.73 Å². The zero-order chi connectivity index (χ0) is 10.5. The van der Waals surface area contributed by atoms with Gasteiger partial charge in [-0.3, -0.25) is 0 Å². The quantitative estimate of drug-likeness (QED) is 0.816. The third-order valence-corrected chi connectivity index (χ3v) is 2.67. The summed E-state index contributed by atoms with van der Waals surface area (Å²) in [6.45, 7) is 1.81. The van der Waals surface area contributed by atoms with E-state index in [2.05, 4.69) is 18.2 Å². The summed E-state index contributed by atoms with van der Waals surface area (Å²) < 4.78 is 10.7. The van der Waals surface area contributed by atoms with Crippen LogP contribution in [0.1, 0.15) is 23.7 Å². The second-order valence-corrected chi connectivity index (χ2v) is 3.73. The molecule has 3 heteroatoms. The summed E-state index contributed by atoms with van der Waals surface area (Å²) in [5.41, 5.74) is 8.11. The maximum atomic E-state index is 5.52. The van der Waals surface area contributed by atoms with Crippen molar-refractivity contribution in [1.82, 2.24) is 0 Å². The molecule has 1 aliphatic rings.